The number of benzene rings is 2. The number of nitrogens with zero attached hydrogens (tertiary/aromatic N) is 3. The van der Waals surface area contributed by atoms with E-state index in [0.29, 0.717) is 32.7 Å². The molecule has 3 aromatic rings. The molecule has 0 radical (unpaired) electrons. The summed E-state index contributed by atoms with van der Waals surface area (Å²) in [6.07, 6.45) is -3.09. The number of hydrogen-bond donors (Lipinski definition) is 3. The van der Waals surface area contributed by atoms with Crippen molar-refractivity contribution in [2.24, 2.45) is 0 Å². The number of anilines is 1. The quantitative estimate of drug-likeness (QED) is 0.444. The van der Waals surface area contributed by atoms with Gasteiger partial charge in [-0.05, 0) is 30.7 Å². The van der Waals surface area contributed by atoms with Crippen molar-refractivity contribution in [2.45, 2.75) is 19.0 Å². The molecule has 1 aliphatic heterocycles. The summed E-state index contributed by atoms with van der Waals surface area (Å²) < 4.78 is 39.3. The Morgan fingerprint density at radius 3 is 2.46 bits per heavy atom. The number of imidazole rings is 1. The van der Waals surface area contributed by atoms with Crippen LogP contribution in [0.3, 0.4) is 0 Å². The molecule has 0 spiro atoms. The number of rotatable bonds is 7. The van der Waals surface area contributed by atoms with Gasteiger partial charge in [-0.15, -0.1) is 0 Å². The van der Waals surface area contributed by atoms with Crippen LogP contribution in [0.4, 0.5) is 23.7 Å². The van der Waals surface area contributed by atoms with E-state index in [1.165, 1.54) is 18.2 Å². The minimum Gasteiger partial charge on any atom is -0.342 e. The van der Waals surface area contributed by atoms with Crippen molar-refractivity contribution in [3.8, 4) is 0 Å². The third kappa shape index (κ3) is 6.50. The Hall–Kier alpha value is -3.60. The van der Waals surface area contributed by atoms with Gasteiger partial charge in [0.05, 0.1) is 28.8 Å². The van der Waals surface area contributed by atoms with Crippen molar-refractivity contribution in [1.82, 2.24) is 25.1 Å². The Balaban J connectivity index is 1.16. The highest BCUT2D eigenvalue weighted by atomic mass is 19.4. The van der Waals surface area contributed by atoms with E-state index in [-0.39, 0.29) is 18.3 Å². The standard InChI is InChI=1S/C24H27F3N6O2/c25-24(26,27)17-6-1-2-7-18(17)31-22(34)16-32-12-14-33(15-13-32)23(35)28-11-5-10-21-29-19-8-3-4-9-20(19)30-21/h1-4,6-9H,5,10-16H2,(H,28,35)(H,29,30)(H,31,34). The fourth-order valence-electron chi connectivity index (χ4n) is 4.03. The van der Waals surface area contributed by atoms with Gasteiger partial charge < -0.3 is 20.5 Å². The molecule has 1 fully saturated rings. The van der Waals surface area contributed by atoms with Gasteiger partial charge in [-0.2, -0.15) is 13.2 Å². The number of carbonyl (C=O) groups excluding carboxylic acids is 2. The second-order valence-corrected chi connectivity index (χ2v) is 8.39. The zero-order valence-corrected chi connectivity index (χ0v) is 19.1. The lowest BCUT2D eigenvalue weighted by Crippen LogP contribution is -2.53. The number of halogens is 3. The van der Waals surface area contributed by atoms with E-state index in [4.69, 9.17) is 0 Å². The van der Waals surface area contributed by atoms with Crippen LogP contribution >= 0.6 is 0 Å². The summed E-state index contributed by atoms with van der Waals surface area (Å²) >= 11 is 0. The summed E-state index contributed by atoms with van der Waals surface area (Å²) in [5.74, 6) is 0.357. The average Bonchev–Trinajstić information content (AvgIpc) is 3.25. The predicted octanol–water partition coefficient (Wildman–Crippen LogP) is 3.48. The summed E-state index contributed by atoms with van der Waals surface area (Å²) in [5.41, 5.74) is 0.770. The first kappa shape index (κ1) is 24.5. The summed E-state index contributed by atoms with van der Waals surface area (Å²) in [6, 6.07) is 12.5. The monoisotopic (exact) mass is 488 g/mol. The Kier molecular flexibility index (Phi) is 7.54. The molecule has 3 amide bonds. The number of piperazine rings is 1. The van der Waals surface area contributed by atoms with E-state index in [9.17, 15) is 22.8 Å². The maximum Gasteiger partial charge on any atom is 0.418 e. The number of carbonyl (C=O) groups is 2. The molecule has 0 unspecified atom stereocenters. The van der Waals surface area contributed by atoms with Gasteiger partial charge in [0.25, 0.3) is 0 Å². The highest BCUT2D eigenvalue weighted by Gasteiger charge is 2.33. The fraction of sp³-hybridized carbons (Fsp3) is 0.375. The lowest BCUT2D eigenvalue weighted by atomic mass is 10.1. The number of aryl methyl sites for hydroxylation is 1. The van der Waals surface area contributed by atoms with E-state index in [2.05, 4.69) is 20.6 Å². The van der Waals surface area contributed by atoms with Crippen LogP contribution in [0.1, 0.15) is 17.8 Å². The Morgan fingerprint density at radius 1 is 1.00 bits per heavy atom. The highest BCUT2D eigenvalue weighted by molar-refractivity contribution is 5.93. The molecule has 0 bridgehead atoms. The third-order valence-electron chi connectivity index (χ3n) is 5.84. The number of para-hydroxylation sites is 3. The van der Waals surface area contributed by atoms with Crippen molar-refractivity contribution in [2.75, 3.05) is 44.6 Å². The van der Waals surface area contributed by atoms with Crippen molar-refractivity contribution >= 4 is 28.7 Å². The van der Waals surface area contributed by atoms with Crippen LogP contribution in [-0.4, -0.2) is 71.0 Å². The Morgan fingerprint density at radius 2 is 1.71 bits per heavy atom. The molecule has 2 heterocycles. The molecule has 11 heteroatoms. The first-order valence-corrected chi connectivity index (χ1v) is 11.4. The number of hydrogen-bond acceptors (Lipinski definition) is 4. The number of aromatic amines is 1. The van der Waals surface area contributed by atoms with Gasteiger partial charge in [0, 0.05) is 39.1 Å². The Bertz CT molecular complexity index is 1140. The van der Waals surface area contributed by atoms with E-state index in [1.54, 1.807) is 4.90 Å². The maximum absolute atomic E-state index is 13.1. The molecule has 8 nitrogen and oxygen atoms in total. The van der Waals surface area contributed by atoms with E-state index < -0.39 is 17.6 Å². The first-order valence-electron chi connectivity index (χ1n) is 11.4. The molecule has 0 atom stereocenters. The van der Waals surface area contributed by atoms with Gasteiger partial charge in [0.15, 0.2) is 0 Å². The van der Waals surface area contributed by atoms with E-state index >= 15 is 0 Å². The number of H-pyrrole nitrogens is 1. The summed E-state index contributed by atoms with van der Waals surface area (Å²) in [4.78, 5) is 36.0. The number of alkyl halides is 3. The first-order chi connectivity index (χ1) is 16.8. The average molecular weight is 489 g/mol. The number of fused-ring (bicyclic) bond motifs is 1. The molecule has 4 rings (SSSR count). The molecule has 1 aromatic heterocycles. The van der Waals surface area contributed by atoms with E-state index in [1.807, 2.05) is 29.2 Å². The molecule has 35 heavy (non-hydrogen) atoms. The van der Waals surface area contributed by atoms with Gasteiger partial charge in [-0.25, -0.2) is 9.78 Å². The number of urea groups is 1. The zero-order valence-electron chi connectivity index (χ0n) is 19.1. The van der Waals surface area contributed by atoms with Gasteiger partial charge in [-0.1, -0.05) is 24.3 Å². The molecular weight excluding hydrogens is 461 g/mol. The van der Waals surface area contributed by atoms with Crippen LogP contribution < -0.4 is 10.6 Å². The summed E-state index contributed by atoms with van der Waals surface area (Å²) in [6.45, 7) is 2.25. The second-order valence-electron chi connectivity index (χ2n) is 8.39. The van der Waals surface area contributed by atoms with Crippen molar-refractivity contribution in [1.29, 1.82) is 0 Å². The van der Waals surface area contributed by atoms with Crippen LogP contribution in [0.2, 0.25) is 0 Å². The highest BCUT2D eigenvalue weighted by Crippen LogP contribution is 2.34. The van der Waals surface area contributed by atoms with Crippen molar-refractivity contribution in [3.63, 3.8) is 0 Å². The summed E-state index contributed by atoms with van der Waals surface area (Å²) in [5, 5.41) is 5.26. The van der Waals surface area contributed by atoms with Gasteiger partial charge in [-0.3, -0.25) is 9.69 Å². The van der Waals surface area contributed by atoms with E-state index in [0.717, 1.165) is 35.8 Å². The SMILES string of the molecule is O=C(CN1CCN(C(=O)NCCCc2nc3ccccc3[nH]2)CC1)Nc1ccccc1C(F)(F)F. The van der Waals surface area contributed by atoms with Gasteiger partial charge >= 0.3 is 12.2 Å². The topological polar surface area (TPSA) is 93.4 Å². The summed E-state index contributed by atoms with van der Waals surface area (Å²) in [7, 11) is 0. The zero-order chi connectivity index (χ0) is 24.8. The predicted molar refractivity (Wildman–Crippen MR) is 126 cm³/mol. The van der Waals surface area contributed by atoms with Gasteiger partial charge in [0.1, 0.15) is 5.82 Å². The van der Waals surface area contributed by atoms with Crippen LogP contribution in [0.15, 0.2) is 48.5 Å². The van der Waals surface area contributed by atoms with Crippen LogP contribution in [0.25, 0.3) is 11.0 Å². The van der Waals surface area contributed by atoms with Crippen molar-refractivity contribution in [3.05, 3.63) is 59.9 Å². The smallest absolute Gasteiger partial charge is 0.342 e. The molecule has 1 saturated heterocycles. The molecule has 0 saturated carbocycles. The molecule has 186 valence electrons. The van der Waals surface area contributed by atoms with Crippen molar-refractivity contribution < 1.29 is 22.8 Å². The normalized spacial score (nSPS) is 14.8. The maximum atomic E-state index is 13.1. The molecular formula is C24H27F3N6O2. The second kappa shape index (κ2) is 10.8. The molecule has 0 aliphatic carbocycles. The largest absolute Gasteiger partial charge is 0.418 e. The molecule has 2 aromatic carbocycles. The lowest BCUT2D eigenvalue weighted by molar-refractivity contribution is -0.137. The Labute approximate surface area is 200 Å². The number of nitrogens with one attached hydrogen (secondary N) is 3. The number of aromatic nitrogens is 2. The van der Waals surface area contributed by atoms with Crippen LogP contribution in [-0.2, 0) is 17.4 Å². The minimum absolute atomic E-state index is 0.0425. The van der Waals surface area contributed by atoms with Crippen LogP contribution in [0, 0.1) is 0 Å². The van der Waals surface area contributed by atoms with Crippen LogP contribution in [0.5, 0.6) is 0 Å². The fourth-order valence-corrected chi connectivity index (χ4v) is 4.03. The minimum atomic E-state index is -4.55. The van der Waals surface area contributed by atoms with Gasteiger partial charge in [0.2, 0.25) is 5.91 Å². The lowest BCUT2D eigenvalue weighted by Gasteiger charge is -2.34. The number of amides is 3. The molecule has 1 aliphatic rings. The third-order valence-corrected chi connectivity index (χ3v) is 5.84. The molecule has 3 N–H and O–H groups in total.